The maximum Gasteiger partial charge on any atom is 0.0938 e. The molecule has 6 N–H and O–H groups in total. The van der Waals surface area contributed by atoms with Crippen molar-refractivity contribution in [2.24, 2.45) is 5.73 Å². The number of anilines is 1. The van der Waals surface area contributed by atoms with Gasteiger partial charge in [-0.05, 0) is 58.3 Å². The molecule has 4 aromatic rings. The molecule has 0 aliphatic heterocycles. The Kier molecular flexibility index (Phi) is 6.35. The molecule has 0 saturated carbocycles. The third-order valence-corrected chi connectivity index (χ3v) is 6.33. The van der Waals surface area contributed by atoms with E-state index in [1.54, 1.807) is 11.8 Å². The molecule has 0 saturated heterocycles. The van der Waals surface area contributed by atoms with E-state index in [2.05, 4.69) is 71.5 Å². The molecule has 4 nitrogen and oxygen atoms in total. The summed E-state index contributed by atoms with van der Waals surface area (Å²) in [5.41, 5.74) is 23.9. The monoisotopic (exact) mass is 414 g/mol. The van der Waals surface area contributed by atoms with Crippen molar-refractivity contribution >= 4 is 28.2 Å². The van der Waals surface area contributed by atoms with Crippen LogP contribution in [-0.2, 0) is 5.75 Å². The molecule has 152 valence electrons. The Hall–Kier alpha value is -2.83. The van der Waals surface area contributed by atoms with Gasteiger partial charge >= 0.3 is 0 Å². The van der Waals surface area contributed by atoms with Gasteiger partial charge in [-0.1, -0.05) is 66.7 Å². The Labute approximate surface area is 181 Å². The lowest BCUT2D eigenvalue weighted by atomic mass is 9.99. The van der Waals surface area contributed by atoms with E-state index < -0.39 is 0 Å². The Balaban J connectivity index is 1.70. The molecule has 30 heavy (non-hydrogen) atoms. The van der Waals surface area contributed by atoms with Crippen LogP contribution >= 0.6 is 11.8 Å². The second-order valence-corrected chi connectivity index (χ2v) is 8.18. The first kappa shape index (κ1) is 20.4. The lowest BCUT2D eigenvalue weighted by molar-refractivity contribution is 0.488. The number of rotatable bonds is 7. The highest BCUT2D eigenvalue weighted by atomic mass is 32.2. The summed E-state index contributed by atoms with van der Waals surface area (Å²) in [5, 5.41) is 2.37. The molecule has 5 heteroatoms. The fourth-order valence-electron chi connectivity index (χ4n) is 3.53. The zero-order valence-corrected chi connectivity index (χ0v) is 17.7. The molecular weight excluding hydrogens is 388 g/mol. The van der Waals surface area contributed by atoms with Crippen molar-refractivity contribution in [2.45, 2.75) is 16.8 Å². The van der Waals surface area contributed by atoms with Crippen LogP contribution in [0.15, 0.2) is 89.8 Å². The number of benzene rings is 4. The van der Waals surface area contributed by atoms with Crippen molar-refractivity contribution < 1.29 is 0 Å². The first-order valence-corrected chi connectivity index (χ1v) is 10.9. The first-order chi connectivity index (χ1) is 14.7. The largest absolute Gasteiger partial charge is 0.398 e. The van der Waals surface area contributed by atoms with Crippen LogP contribution in [0.3, 0.4) is 0 Å². The second-order valence-electron chi connectivity index (χ2n) is 7.19. The summed E-state index contributed by atoms with van der Waals surface area (Å²) in [7, 11) is 1.81. The summed E-state index contributed by atoms with van der Waals surface area (Å²) < 4.78 is 0. The average Bonchev–Trinajstić information content (AvgIpc) is 2.79. The molecule has 0 heterocycles. The summed E-state index contributed by atoms with van der Waals surface area (Å²) in [5.74, 6) is 0.883. The number of thioether (sulfide) groups is 1. The van der Waals surface area contributed by atoms with E-state index in [9.17, 15) is 0 Å². The Morgan fingerprint density at radius 1 is 0.867 bits per heavy atom. The predicted octanol–water partition coefficient (Wildman–Crippen LogP) is 5.06. The number of nitrogen functional groups attached to an aromatic ring is 1. The smallest absolute Gasteiger partial charge is 0.0938 e. The van der Waals surface area contributed by atoms with Crippen LogP contribution in [0.2, 0.25) is 0 Å². The van der Waals surface area contributed by atoms with Gasteiger partial charge in [0.25, 0.3) is 0 Å². The van der Waals surface area contributed by atoms with Crippen molar-refractivity contribution in [2.75, 3.05) is 12.8 Å². The van der Waals surface area contributed by atoms with E-state index in [0.29, 0.717) is 0 Å². The normalized spacial score (nSPS) is 12.2. The maximum atomic E-state index is 6.38. The van der Waals surface area contributed by atoms with E-state index in [-0.39, 0.29) is 6.17 Å². The Morgan fingerprint density at radius 2 is 1.63 bits per heavy atom. The summed E-state index contributed by atoms with van der Waals surface area (Å²) >= 11 is 1.78. The van der Waals surface area contributed by atoms with Crippen LogP contribution in [0.25, 0.3) is 21.9 Å². The lowest BCUT2D eigenvalue weighted by Crippen LogP contribution is -2.37. The van der Waals surface area contributed by atoms with E-state index in [1.807, 2.05) is 31.3 Å². The van der Waals surface area contributed by atoms with Crippen molar-refractivity contribution in [3.63, 3.8) is 0 Å². The van der Waals surface area contributed by atoms with E-state index in [4.69, 9.17) is 11.5 Å². The minimum absolute atomic E-state index is 0.275. The zero-order valence-electron chi connectivity index (χ0n) is 16.9. The van der Waals surface area contributed by atoms with Gasteiger partial charge in [-0.2, -0.15) is 0 Å². The molecule has 0 aromatic heterocycles. The number of hydrazine groups is 1. The van der Waals surface area contributed by atoms with Gasteiger partial charge in [-0.15, -0.1) is 11.8 Å². The highest BCUT2D eigenvalue weighted by Gasteiger charge is 2.10. The Bertz CT molecular complexity index is 1140. The first-order valence-electron chi connectivity index (χ1n) is 9.93. The van der Waals surface area contributed by atoms with Crippen LogP contribution in [0.1, 0.15) is 17.3 Å². The average molecular weight is 415 g/mol. The van der Waals surface area contributed by atoms with Crippen LogP contribution in [0.4, 0.5) is 5.69 Å². The van der Waals surface area contributed by atoms with Crippen LogP contribution in [0.5, 0.6) is 0 Å². The minimum atomic E-state index is -0.275. The van der Waals surface area contributed by atoms with Crippen molar-refractivity contribution in [3.05, 3.63) is 96.1 Å². The minimum Gasteiger partial charge on any atom is -0.398 e. The molecule has 4 rings (SSSR count). The Morgan fingerprint density at radius 3 is 2.43 bits per heavy atom. The van der Waals surface area contributed by atoms with Crippen LogP contribution < -0.4 is 22.3 Å². The summed E-state index contributed by atoms with van der Waals surface area (Å²) in [6, 6.07) is 29.4. The molecule has 4 aromatic carbocycles. The summed E-state index contributed by atoms with van der Waals surface area (Å²) in [4.78, 5) is 1.13. The zero-order chi connectivity index (χ0) is 20.9. The highest BCUT2D eigenvalue weighted by molar-refractivity contribution is 7.99. The van der Waals surface area contributed by atoms with Crippen LogP contribution in [0, 0.1) is 0 Å². The van der Waals surface area contributed by atoms with E-state index in [0.717, 1.165) is 33.0 Å². The van der Waals surface area contributed by atoms with Gasteiger partial charge < -0.3 is 11.5 Å². The van der Waals surface area contributed by atoms with E-state index >= 15 is 0 Å². The molecule has 0 amide bonds. The molecule has 0 spiro atoms. The number of nitrogens with two attached hydrogens (primary N) is 2. The topological polar surface area (TPSA) is 76.1 Å². The number of hydrogen-bond donors (Lipinski definition) is 4. The number of hydrogen-bond acceptors (Lipinski definition) is 5. The summed E-state index contributed by atoms with van der Waals surface area (Å²) in [6.45, 7) is 0. The summed E-state index contributed by atoms with van der Waals surface area (Å²) in [6.07, 6.45) is -0.275. The number of fused-ring (bicyclic) bond motifs is 1. The third kappa shape index (κ3) is 4.50. The second kappa shape index (κ2) is 9.32. The van der Waals surface area contributed by atoms with Gasteiger partial charge in [0.15, 0.2) is 0 Å². The van der Waals surface area contributed by atoms with Gasteiger partial charge in [0.05, 0.1) is 6.17 Å². The van der Waals surface area contributed by atoms with Crippen molar-refractivity contribution in [1.29, 1.82) is 0 Å². The highest BCUT2D eigenvalue weighted by Crippen LogP contribution is 2.37. The fraction of sp³-hybridized carbons (Fsp3) is 0.120. The molecule has 0 aliphatic rings. The van der Waals surface area contributed by atoms with Gasteiger partial charge in [-0.25, -0.2) is 5.43 Å². The molecule has 0 aliphatic carbocycles. The molecular formula is C25H26N4S. The van der Waals surface area contributed by atoms with E-state index in [1.165, 1.54) is 16.3 Å². The SMILES string of the molecule is CNNC(N)c1cccc(-c2ccc3ccc(N)c(SCc4ccccc4)c3c2)c1. The molecule has 0 fully saturated rings. The van der Waals surface area contributed by atoms with Gasteiger partial charge in [0, 0.05) is 16.3 Å². The van der Waals surface area contributed by atoms with Gasteiger partial charge in [0.1, 0.15) is 0 Å². The lowest BCUT2D eigenvalue weighted by Gasteiger charge is -2.15. The predicted molar refractivity (Wildman–Crippen MR) is 129 cm³/mol. The van der Waals surface area contributed by atoms with Crippen molar-refractivity contribution in [1.82, 2.24) is 10.9 Å². The standard InChI is InChI=1S/C25H26N4S/c1-28-29-25(27)21-9-5-8-19(14-21)20-11-10-18-12-13-23(26)24(22(18)15-20)30-16-17-6-3-2-4-7-17/h2-15,25,28-29H,16,26-27H2,1H3. The third-order valence-electron chi connectivity index (χ3n) is 5.11. The molecule has 1 atom stereocenters. The number of nitrogens with one attached hydrogen (secondary N) is 2. The van der Waals surface area contributed by atoms with Gasteiger partial charge in [-0.3, -0.25) is 5.43 Å². The molecule has 0 radical (unpaired) electrons. The molecule has 0 bridgehead atoms. The molecule has 1 unspecified atom stereocenters. The maximum absolute atomic E-state index is 6.38. The van der Waals surface area contributed by atoms with Crippen molar-refractivity contribution in [3.8, 4) is 11.1 Å². The van der Waals surface area contributed by atoms with Crippen LogP contribution in [-0.4, -0.2) is 7.05 Å². The quantitative estimate of drug-likeness (QED) is 0.147. The van der Waals surface area contributed by atoms with Gasteiger partial charge in [0.2, 0.25) is 0 Å². The fourth-order valence-corrected chi connectivity index (χ4v) is 4.60.